The SMILES string of the molecule is CC(C)SC1C([C@@H](C)N(C)C)CCC1P(c1ccccc1)c1ccccc1. The number of thioether (sulfide) groups is 1. The Hall–Kier alpha value is -0.820. The molecule has 1 nitrogen and oxygen atoms in total. The standard InChI is InChI=1S/C24H34NPS/c1-18(2)27-24-22(19(3)25(4)5)16-17-23(24)26(20-12-8-6-9-13-20)21-14-10-7-11-15-21/h6-15,18-19,22-24H,16-17H2,1-5H3/t19-,22?,23?,24?/m1/s1. The van der Waals surface area contributed by atoms with Crippen LogP contribution in [0.4, 0.5) is 0 Å². The summed E-state index contributed by atoms with van der Waals surface area (Å²) in [5.41, 5.74) is 0.754. The molecule has 2 aromatic rings. The van der Waals surface area contributed by atoms with Crippen molar-refractivity contribution in [1.29, 1.82) is 0 Å². The summed E-state index contributed by atoms with van der Waals surface area (Å²) >= 11 is 2.23. The predicted molar refractivity (Wildman–Crippen MR) is 125 cm³/mol. The Balaban J connectivity index is 1.99. The Morgan fingerprint density at radius 3 is 1.81 bits per heavy atom. The van der Waals surface area contributed by atoms with Gasteiger partial charge in [0, 0.05) is 11.3 Å². The highest BCUT2D eigenvalue weighted by Gasteiger charge is 2.44. The molecule has 0 aromatic heterocycles. The van der Waals surface area contributed by atoms with E-state index in [0.717, 1.165) is 16.8 Å². The lowest BCUT2D eigenvalue weighted by molar-refractivity contribution is 0.233. The van der Waals surface area contributed by atoms with Crippen molar-refractivity contribution in [2.24, 2.45) is 5.92 Å². The van der Waals surface area contributed by atoms with E-state index in [1.54, 1.807) is 0 Å². The lowest BCUT2D eigenvalue weighted by Crippen LogP contribution is -2.39. The highest BCUT2D eigenvalue weighted by atomic mass is 32.2. The van der Waals surface area contributed by atoms with Gasteiger partial charge in [0.1, 0.15) is 0 Å². The minimum Gasteiger partial charge on any atom is -0.306 e. The topological polar surface area (TPSA) is 3.24 Å². The lowest BCUT2D eigenvalue weighted by atomic mass is 9.98. The first-order valence-electron chi connectivity index (χ1n) is 10.2. The van der Waals surface area contributed by atoms with Crippen LogP contribution >= 0.6 is 19.7 Å². The summed E-state index contributed by atoms with van der Waals surface area (Å²) in [6, 6.07) is 23.2. The molecule has 3 unspecified atom stereocenters. The molecular formula is C24H34NPS. The second-order valence-electron chi connectivity index (χ2n) is 8.20. The van der Waals surface area contributed by atoms with Crippen LogP contribution in [-0.2, 0) is 0 Å². The van der Waals surface area contributed by atoms with Gasteiger partial charge in [0.15, 0.2) is 0 Å². The van der Waals surface area contributed by atoms with Gasteiger partial charge in [-0.1, -0.05) is 74.5 Å². The molecule has 1 saturated carbocycles. The van der Waals surface area contributed by atoms with Crippen molar-refractivity contribution < 1.29 is 0 Å². The van der Waals surface area contributed by atoms with Gasteiger partial charge < -0.3 is 4.90 Å². The third-order valence-corrected chi connectivity index (χ3v) is 10.6. The first-order chi connectivity index (χ1) is 13.0. The average Bonchev–Trinajstić information content (AvgIpc) is 3.05. The molecule has 4 atom stereocenters. The first-order valence-corrected chi connectivity index (χ1v) is 12.6. The van der Waals surface area contributed by atoms with E-state index in [0.29, 0.717) is 11.3 Å². The largest absolute Gasteiger partial charge is 0.306 e. The Morgan fingerprint density at radius 1 is 0.852 bits per heavy atom. The van der Waals surface area contributed by atoms with Gasteiger partial charge in [-0.2, -0.15) is 11.8 Å². The predicted octanol–water partition coefficient (Wildman–Crippen LogP) is 5.36. The smallest absolute Gasteiger partial charge is 0.0166 e. The van der Waals surface area contributed by atoms with Crippen LogP contribution in [0.1, 0.15) is 33.6 Å². The van der Waals surface area contributed by atoms with Crippen LogP contribution in [0, 0.1) is 5.92 Å². The van der Waals surface area contributed by atoms with Gasteiger partial charge in [0.2, 0.25) is 0 Å². The fourth-order valence-electron chi connectivity index (χ4n) is 4.37. The Labute approximate surface area is 171 Å². The molecule has 0 radical (unpaired) electrons. The molecular weight excluding hydrogens is 365 g/mol. The summed E-state index contributed by atoms with van der Waals surface area (Å²) in [6.45, 7) is 7.16. The van der Waals surface area contributed by atoms with E-state index in [9.17, 15) is 0 Å². The maximum atomic E-state index is 2.42. The van der Waals surface area contributed by atoms with Crippen molar-refractivity contribution >= 4 is 30.3 Å². The number of hydrogen-bond acceptors (Lipinski definition) is 2. The molecule has 146 valence electrons. The van der Waals surface area contributed by atoms with Crippen LogP contribution in [0.25, 0.3) is 0 Å². The quantitative estimate of drug-likeness (QED) is 0.577. The summed E-state index contributed by atoms with van der Waals surface area (Å²) in [5.74, 6) is 0.773. The number of nitrogens with zero attached hydrogens (tertiary/aromatic N) is 1. The van der Waals surface area contributed by atoms with Gasteiger partial charge in [0.25, 0.3) is 0 Å². The van der Waals surface area contributed by atoms with Crippen LogP contribution in [-0.4, -0.2) is 41.2 Å². The van der Waals surface area contributed by atoms with E-state index in [-0.39, 0.29) is 7.92 Å². The van der Waals surface area contributed by atoms with Crippen molar-refractivity contribution in [2.75, 3.05) is 14.1 Å². The fourth-order valence-corrected chi connectivity index (χ4v) is 9.43. The highest BCUT2D eigenvalue weighted by molar-refractivity contribution is 8.01. The fraction of sp³-hybridized carbons (Fsp3) is 0.500. The molecule has 0 spiro atoms. The van der Waals surface area contributed by atoms with Crippen LogP contribution < -0.4 is 10.6 Å². The number of hydrogen-bond donors (Lipinski definition) is 0. The second-order valence-corrected chi connectivity index (χ2v) is 12.4. The van der Waals surface area contributed by atoms with Crippen LogP contribution in [0.2, 0.25) is 0 Å². The molecule has 1 aliphatic carbocycles. The van der Waals surface area contributed by atoms with Crippen LogP contribution in [0.15, 0.2) is 60.7 Å². The summed E-state index contributed by atoms with van der Waals surface area (Å²) < 4.78 is 0. The molecule has 3 heteroatoms. The summed E-state index contributed by atoms with van der Waals surface area (Å²) in [6.07, 6.45) is 2.70. The molecule has 0 bridgehead atoms. The molecule has 27 heavy (non-hydrogen) atoms. The molecule has 0 heterocycles. The van der Waals surface area contributed by atoms with E-state index in [1.807, 2.05) is 0 Å². The molecule has 0 aliphatic heterocycles. The maximum Gasteiger partial charge on any atom is 0.0166 e. The first kappa shape index (κ1) is 20.9. The summed E-state index contributed by atoms with van der Waals surface area (Å²) in [5, 5.41) is 4.48. The molecule has 3 rings (SSSR count). The van der Waals surface area contributed by atoms with Gasteiger partial charge in [0.05, 0.1) is 0 Å². The van der Waals surface area contributed by atoms with Crippen LogP contribution in [0.3, 0.4) is 0 Å². The highest BCUT2D eigenvalue weighted by Crippen LogP contribution is 2.54. The van der Waals surface area contributed by atoms with Gasteiger partial charge in [-0.05, 0) is 69.2 Å². The second kappa shape index (κ2) is 9.59. The zero-order valence-corrected chi connectivity index (χ0v) is 19.1. The third kappa shape index (κ3) is 4.97. The normalized spacial score (nSPS) is 24.1. The Bertz CT molecular complexity index is 649. The molecule has 1 aliphatic rings. The monoisotopic (exact) mass is 399 g/mol. The minimum atomic E-state index is -0.332. The van der Waals surface area contributed by atoms with Gasteiger partial charge in [-0.25, -0.2) is 0 Å². The Kier molecular flexibility index (Phi) is 7.42. The molecule has 0 saturated heterocycles. The molecule has 2 aromatic carbocycles. The maximum absolute atomic E-state index is 2.42. The van der Waals surface area contributed by atoms with Crippen LogP contribution in [0.5, 0.6) is 0 Å². The molecule has 1 fully saturated rings. The van der Waals surface area contributed by atoms with Crippen molar-refractivity contribution in [2.45, 2.75) is 55.8 Å². The van der Waals surface area contributed by atoms with Crippen molar-refractivity contribution in [3.8, 4) is 0 Å². The van der Waals surface area contributed by atoms with E-state index >= 15 is 0 Å². The summed E-state index contributed by atoms with van der Waals surface area (Å²) in [4.78, 5) is 2.42. The zero-order valence-electron chi connectivity index (χ0n) is 17.4. The minimum absolute atomic E-state index is 0.332. The Morgan fingerprint density at radius 2 is 1.37 bits per heavy atom. The lowest BCUT2D eigenvalue weighted by Gasteiger charge is -2.36. The third-order valence-electron chi connectivity index (χ3n) is 5.86. The van der Waals surface area contributed by atoms with Crippen molar-refractivity contribution in [1.82, 2.24) is 4.90 Å². The average molecular weight is 400 g/mol. The van der Waals surface area contributed by atoms with Gasteiger partial charge >= 0.3 is 0 Å². The molecule has 0 N–H and O–H groups in total. The van der Waals surface area contributed by atoms with E-state index in [1.165, 1.54) is 23.5 Å². The van der Waals surface area contributed by atoms with E-state index in [4.69, 9.17) is 0 Å². The number of benzene rings is 2. The van der Waals surface area contributed by atoms with Crippen molar-refractivity contribution in [3.05, 3.63) is 60.7 Å². The number of rotatable bonds is 7. The van der Waals surface area contributed by atoms with E-state index in [2.05, 4.69) is 112 Å². The zero-order chi connectivity index (χ0) is 19.4. The summed E-state index contributed by atoms with van der Waals surface area (Å²) in [7, 11) is 4.15. The van der Waals surface area contributed by atoms with Gasteiger partial charge in [-0.3, -0.25) is 0 Å². The van der Waals surface area contributed by atoms with E-state index < -0.39 is 0 Å². The van der Waals surface area contributed by atoms with Gasteiger partial charge in [-0.15, -0.1) is 0 Å². The van der Waals surface area contributed by atoms with Crippen molar-refractivity contribution in [3.63, 3.8) is 0 Å². The molecule has 0 amide bonds.